The molecule has 2 aromatic carbocycles. The molecule has 2 aromatic rings. The summed E-state index contributed by atoms with van der Waals surface area (Å²) < 4.78 is 0. The van der Waals surface area contributed by atoms with E-state index in [4.69, 9.17) is 5.73 Å². The fourth-order valence-electron chi connectivity index (χ4n) is 3.57. The molecule has 0 aromatic heterocycles. The summed E-state index contributed by atoms with van der Waals surface area (Å²) in [4.78, 5) is 2.30. The lowest BCUT2D eigenvalue weighted by Gasteiger charge is -2.33. The summed E-state index contributed by atoms with van der Waals surface area (Å²) in [6.45, 7) is 10.4. The van der Waals surface area contributed by atoms with Crippen LogP contribution in [0.3, 0.4) is 0 Å². The molecule has 0 amide bonds. The quantitative estimate of drug-likeness (QED) is 0.729. The average Bonchev–Trinajstić information content (AvgIpc) is 2.66. The molecule has 0 fully saturated rings. The minimum Gasteiger partial charge on any atom is -0.396 e. The molecule has 27 heavy (non-hydrogen) atoms. The first kappa shape index (κ1) is 19.1. The fraction of sp³-hybridized carbons (Fsp3) is 0.304. The Bertz CT molecular complexity index is 851. The zero-order valence-electron chi connectivity index (χ0n) is 16.5. The molecule has 1 aliphatic heterocycles. The molecule has 0 saturated carbocycles. The molecule has 0 radical (unpaired) electrons. The predicted octanol–water partition coefficient (Wildman–Crippen LogP) is 3.91. The summed E-state index contributed by atoms with van der Waals surface area (Å²) in [5.41, 5.74) is 14.0. The number of fused-ring (bicyclic) bond motifs is 2. The number of hydrogen-bond acceptors (Lipinski definition) is 4. The maximum absolute atomic E-state index is 6.64. The number of para-hydroxylation sites is 1. The summed E-state index contributed by atoms with van der Waals surface area (Å²) in [5, 5.41) is 6.79. The lowest BCUT2D eigenvalue weighted by atomic mass is 9.95. The lowest BCUT2D eigenvalue weighted by molar-refractivity contribution is 0.584. The van der Waals surface area contributed by atoms with Crippen LogP contribution in [0.2, 0.25) is 0 Å². The molecule has 0 saturated heterocycles. The van der Waals surface area contributed by atoms with Gasteiger partial charge in [0.15, 0.2) is 0 Å². The van der Waals surface area contributed by atoms with E-state index in [2.05, 4.69) is 78.4 Å². The molecule has 0 atom stereocenters. The smallest absolute Gasteiger partial charge is 0.0655 e. The van der Waals surface area contributed by atoms with Crippen molar-refractivity contribution < 1.29 is 0 Å². The molecule has 4 heteroatoms. The average molecular weight is 363 g/mol. The van der Waals surface area contributed by atoms with Gasteiger partial charge in [0.05, 0.1) is 17.1 Å². The molecule has 0 spiro atoms. The number of nitrogens with two attached hydrogens (primary N) is 1. The molecule has 3 rings (SSSR count). The van der Waals surface area contributed by atoms with Gasteiger partial charge in [-0.3, -0.25) is 0 Å². The highest BCUT2D eigenvalue weighted by Gasteiger charge is 2.23. The van der Waals surface area contributed by atoms with Gasteiger partial charge in [0.1, 0.15) is 0 Å². The molecule has 0 bridgehead atoms. The highest BCUT2D eigenvalue weighted by molar-refractivity contribution is 5.94. The SMILES string of the molecule is C=C(CCNC(C)C)N1Cc2ccccc2/C(NC)=C(/N)c2ccccc21. The largest absolute Gasteiger partial charge is 0.396 e. The number of rotatable bonds is 6. The van der Waals surface area contributed by atoms with Crippen LogP contribution in [-0.2, 0) is 6.54 Å². The van der Waals surface area contributed by atoms with Crippen LogP contribution in [0.1, 0.15) is 37.0 Å². The normalized spacial score (nSPS) is 16.4. The van der Waals surface area contributed by atoms with Crippen molar-refractivity contribution >= 4 is 17.1 Å². The van der Waals surface area contributed by atoms with Crippen LogP contribution in [0.5, 0.6) is 0 Å². The van der Waals surface area contributed by atoms with Crippen LogP contribution in [0.25, 0.3) is 11.4 Å². The highest BCUT2D eigenvalue weighted by atomic mass is 15.1. The molecule has 142 valence electrons. The van der Waals surface area contributed by atoms with Gasteiger partial charge >= 0.3 is 0 Å². The van der Waals surface area contributed by atoms with Crippen molar-refractivity contribution in [3.63, 3.8) is 0 Å². The topological polar surface area (TPSA) is 53.3 Å². The first-order valence-electron chi connectivity index (χ1n) is 9.56. The fourth-order valence-corrected chi connectivity index (χ4v) is 3.57. The Morgan fingerprint density at radius 1 is 1.11 bits per heavy atom. The lowest BCUT2D eigenvalue weighted by Crippen LogP contribution is -2.30. The minimum absolute atomic E-state index is 0.468. The molecule has 0 unspecified atom stereocenters. The van der Waals surface area contributed by atoms with Crippen LogP contribution in [0.4, 0.5) is 5.69 Å². The Labute approximate surface area is 162 Å². The van der Waals surface area contributed by atoms with E-state index in [1.54, 1.807) is 0 Å². The molecular formula is C23H30N4. The summed E-state index contributed by atoms with van der Waals surface area (Å²) in [6, 6.07) is 17.2. The zero-order valence-corrected chi connectivity index (χ0v) is 16.5. The number of benzene rings is 2. The second-order valence-corrected chi connectivity index (χ2v) is 7.22. The number of anilines is 1. The van der Waals surface area contributed by atoms with Crippen LogP contribution < -0.4 is 21.3 Å². The van der Waals surface area contributed by atoms with Crippen molar-refractivity contribution in [3.8, 4) is 0 Å². The van der Waals surface area contributed by atoms with E-state index in [1.807, 2.05) is 13.1 Å². The van der Waals surface area contributed by atoms with E-state index >= 15 is 0 Å². The van der Waals surface area contributed by atoms with E-state index in [0.29, 0.717) is 6.04 Å². The van der Waals surface area contributed by atoms with E-state index < -0.39 is 0 Å². The second kappa shape index (κ2) is 8.31. The number of hydrogen-bond donors (Lipinski definition) is 3. The van der Waals surface area contributed by atoms with Gasteiger partial charge in [-0.05, 0) is 18.1 Å². The predicted molar refractivity (Wildman–Crippen MR) is 116 cm³/mol. The van der Waals surface area contributed by atoms with Gasteiger partial charge in [-0.15, -0.1) is 0 Å². The summed E-state index contributed by atoms with van der Waals surface area (Å²) in [6.07, 6.45) is 0.886. The molecule has 1 heterocycles. The first-order chi connectivity index (χ1) is 13.0. The Morgan fingerprint density at radius 2 is 1.78 bits per heavy atom. The van der Waals surface area contributed by atoms with Crippen LogP contribution in [0.15, 0.2) is 60.8 Å². The molecule has 4 nitrogen and oxygen atoms in total. The van der Waals surface area contributed by atoms with Crippen LogP contribution in [0, 0.1) is 0 Å². The Hall–Kier alpha value is -2.72. The number of nitrogens with zero attached hydrogens (tertiary/aromatic N) is 1. The molecule has 4 N–H and O–H groups in total. The van der Waals surface area contributed by atoms with Crippen molar-refractivity contribution in [1.82, 2.24) is 10.6 Å². The van der Waals surface area contributed by atoms with Crippen LogP contribution in [-0.4, -0.2) is 19.6 Å². The van der Waals surface area contributed by atoms with Gasteiger partial charge in [0, 0.05) is 43.0 Å². The van der Waals surface area contributed by atoms with E-state index in [0.717, 1.165) is 53.4 Å². The van der Waals surface area contributed by atoms with Gasteiger partial charge in [0.2, 0.25) is 0 Å². The van der Waals surface area contributed by atoms with Crippen LogP contribution >= 0.6 is 0 Å². The monoisotopic (exact) mass is 362 g/mol. The maximum Gasteiger partial charge on any atom is 0.0655 e. The van der Waals surface area contributed by atoms with Gasteiger partial charge in [0.25, 0.3) is 0 Å². The molecular weight excluding hydrogens is 332 g/mol. The number of nitrogens with one attached hydrogen (secondary N) is 2. The maximum atomic E-state index is 6.64. The van der Waals surface area contributed by atoms with E-state index in [9.17, 15) is 0 Å². The third kappa shape index (κ3) is 4.01. The third-order valence-corrected chi connectivity index (χ3v) is 4.97. The Morgan fingerprint density at radius 3 is 2.48 bits per heavy atom. The summed E-state index contributed by atoms with van der Waals surface area (Å²) in [7, 11) is 1.93. The van der Waals surface area contributed by atoms with E-state index in [1.165, 1.54) is 5.56 Å². The van der Waals surface area contributed by atoms with E-state index in [-0.39, 0.29) is 0 Å². The van der Waals surface area contributed by atoms with Gasteiger partial charge in [-0.2, -0.15) is 0 Å². The molecule has 0 aliphatic carbocycles. The standard InChI is InChI=1S/C23H30N4/c1-16(2)26-14-13-17(3)27-15-18-9-5-6-10-19(18)23(25-4)22(24)20-11-7-8-12-21(20)27/h5-12,16,25-26H,3,13-15,24H2,1-2,4H3/b23-22-. The highest BCUT2D eigenvalue weighted by Crippen LogP contribution is 2.36. The van der Waals surface area contributed by atoms with Gasteiger partial charge < -0.3 is 21.3 Å². The van der Waals surface area contributed by atoms with Crippen molar-refractivity contribution in [2.75, 3.05) is 18.5 Å². The van der Waals surface area contributed by atoms with Crippen molar-refractivity contribution in [2.24, 2.45) is 5.73 Å². The zero-order chi connectivity index (χ0) is 19.4. The second-order valence-electron chi connectivity index (χ2n) is 7.22. The van der Waals surface area contributed by atoms with Gasteiger partial charge in [-0.1, -0.05) is 62.9 Å². The molecule has 1 aliphatic rings. The minimum atomic E-state index is 0.468. The van der Waals surface area contributed by atoms with Crippen molar-refractivity contribution in [1.29, 1.82) is 0 Å². The first-order valence-corrected chi connectivity index (χ1v) is 9.56. The van der Waals surface area contributed by atoms with Crippen molar-refractivity contribution in [3.05, 3.63) is 77.5 Å². The third-order valence-electron chi connectivity index (χ3n) is 4.97. The van der Waals surface area contributed by atoms with Crippen molar-refractivity contribution in [2.45, 2.75) is 32.9 Å². The Kier molecular flexibility index (Phi) is 5.87. The Balaban J connectivity index is 2.07. The summed E-state index contributed by atoms with van der Waals surface area (Å²) in [5.74, 6) is 0. The van der Waals surface area contributed by atoms with Gasteiger partial charge in [-0.25, -0.2) is 0 Å². The summed E-state index contributed by atoms with van der Waals surface area (Å²) >= 11 is 0.